The van der Waals surface area contributed by atoms with Crippen LogP contribution in [0.3, 0.4) is 0 Å². The summed E-state index contributed by atoms with van der Waals surface area (Å²) in [6.07, 6.45) is 0. The quantitative estimate of drug-likeness (QED) is 0.579. The Hall–Kier alpha value is -2.31. The predicted molar refractivity (Wildman–Crippen MR) is 102 cm³/mol. The highest BCUT2D eigenvalue weighted by molar-refractivity contribution is 6.32. The van der Waals surface area contributed by atoms with E-state index in [2.05, 4.69) is 4.90 Å². The molecule has 26 heavy (non-hydrogen) atoms. The van der Waals surface area contributed by atoms with Gasteiger partial charge >= 0.3 is 0 Å². The van der Waals surface area contributed by atoms with E-state index in [-0.39, 0.29) is 22.2 Å². The van der Waals surface area contributed by atoms with Crippen molar-refractivity contribution < 1.29 is 9.72 Å². The van der Waals surface area contributed by atoms with Crippen LogP contribution in [0.4, 0.5) is 11.4 Å². The fraction of sp³-hybridized carbons (Fsp3) is 0.278. The van der Waals surface area contributed by atoms with Gasteiger partial charge in [-0.05, 0) is 36.8 Å². The van der Waals surface area contributed by atoms with Crippen molar-refractivity contribution >= 4 is 40.5 Å². The first-order valence-corrected chi connectivity index (χ1v) is 8.86. The van der Waals surface area contributed by atoms with Crippen molar-refractivity contribution in [3.63, 3.8) is 0 Å². The Balaban J connectivity index is 1.69. The molecule has 0 aliphatic carbocycles. The van der Waals surface area contributed by atoms with E-state index in [1.165, 1.54) is 18.2 Å². The van der Waals surface area contributed by atoms with Gasteiger partial charge in [-0.1, -0.05) is 29.3 Å². The first kappa shape index (κ1) is 18.5. The van der Waals surface area contributed by atoms with Gasteiger partial charge in [0.1, 0.15) is 5.02 Å². The van der Waals surface area contributed by atoms with E-state index in [4.69, 9.17) is 23.2 Å². The van der Waals surface area contributed by atoms with Crippen molar-refractivity contribution in [1.29, 1.82) is 0 Å². The van der Waals surface area contributed by atoms with Crippen LogP contribution in [0.2, 0.25) is 10.0 Å². The molecule has 0 aromatic heterocycles. The number of carbonyl (C=O) groups excluding carboxylic acids is 1. The van der Waals surface area contributed by atoms with Crippen LogP contribution in [0, 0.1) is 17.0 Å². The summed E-state index contributed by atoms with van der Waals surface area (Å²) in [7, 11) is 0. The van der Waals surface area contributed by atoms with E-state index in [1.807, 2.05) is 25.1 Å². The fourth-order valence-electron chi connectivity index (χ4n) is 2.91. The van der Waals surface area contributed by atoms with Gasteiger partial charge in [0, 0.05) is 48.5 Å². The summed E-state index contributed by atoms with van der Waals surface area (Å²) >= 11 is 12.0. The Morgan fingerprint density at radius 3 is 2.35 bits per heavy atom. The Labute approximate surface area is 161 Å². The number of hydrogen-bond acceptors (Lipinski definition) is 4. The molecular formula is C18H17Cl2N3O3. The maximum Gasteiger partial charge on any atom is 0.288 e. The van der Waals surface area contributed by atoms with Crippen molar-refractivity contribution in [1.82, 2.24) is 4.90 Å². The van der Waals surface area contributed by atoms with Crippen molar-refractivity contribution in [3.8, 4) is 0 Å². The lowest BCUT2D eigenvalue weighted by Gasteiger charge is -2.36. The zero-order valence-corrected chi connectivity index (χ0v) is 15.6. The molecule has 0 N–H and O–H groups in total. The third kappa shape index (κ3) is 3.76. The van der Waals surface area contributed by atoms with Crippen molar-refractivity contribution in [3.05, 3.63) is 67.7 Å². The van der Waals surface area contributed by atoms with Crippen molar-refractivity contribution in [2.24, 2.45) is 0 Å². The van der Waals surface area contributed by atoms with Gasteiger partial charge in [-0.15, -0.1) is 0 Å². The molecule has 1 saturated heterocycles. The topological polar surface area (TPSA) is 66.7 Å². The van der Waals surface area contributed by atoms with Gasteiger partial charge in [0.2, 0.25) is 0 Å². The largest absolute Gasteiger partial charge is 0.368 e. The molecule has 0 spiro atoms. The predicted octanol–water partition coefficient (Wildman–Crippen LogP) is 4.17. The van der Waals surface area contributed by atoms with Crippen LogP contribution in [-0.4, -0.2) is 41.9 Å². The molecule has 136 valence electrons. The molecule has 1 amide bonds. The summed E-state index contributed by atoms with van der Waals surface area (Å²) in [6, 6.07) is 10.1. The van der Waals surface area contributed by atoms with E-state index in [1.54, 1.807) is 4.90 Å². The van der Waals surface area contributed by atoms with Gasteiger partial charge in [0.25, 0.3) is 11.6 Å². The summed E-state index contributed by atoms with van der Waals surface area (Å²) in [5, 5.41) is 11.7. The molecule has 0 bridgehead atoms. The summed E-state index contributed by atoms with van der Waals surface area (Å²) < 4.78 is 0. The Kier molecular flexibility index (Phi) is 5.34. The third-order valence-corrected chi connectivity index (χ3v) is 5.20. The molecule has 3 rings (SSSR count). The summed E-state index contributed by atoms with van der Waals surface area (Å²) in [5.74, 6) is -0.230. The monoisotopic (exact) mass is 393 g/mol. The first-order chi connectivity index (χ1) is 12.4. The van der Waals surface area contributed by atoms with E-state index in [0.717, 1.165) is 16.3 Å². The number of nitrogens with zero attached hydrogens (tertiary/aromatic N) is 3. The molecule has 2 aromatic carbocycles. The fourth-order valence-corrected chi connectivity index (χ4v) is 3.28. The number of rotatable bonds is 3. The van der Waals surface area contributed by atoms with Crippen molar-refractivity contribution in [2.75, 3.05) is 31.1 Å². The molecule has 1 aliphatic heterocycles. The number of piperazine rings is 1. The average Bonchev–Trinajstić information content (AvgIpc) is 2.64. The molecule has 1 fully saturated rings. The van der Waals surface area contributed by atoms with Gasteiger partial charge in [0.15, 0.2) is 0 Å². The second-order valence-corrected chi connectivity index (χ2v) is 6.95. The Morgan fingerprint density at radius 2 is 1.73 bits per heavy atom. The minimum atomic E-state index is -0.585. The number of carbonyl (C=O) groups is 1. The normalized spacial score (nSPS) is 14.4. The summed E-state index contributed by atoms with van der Waals surface area (Å²) in [5.41, 5.74) is 2.06. The van der Waals surface area contributed by atoms with Gasteiger partial charge < -0.3 is 9.80 Å². The molecule has 0 atom stereocenters. The number of halogens is 2. The lowest BCUT2D eigenvalue weighted by atomic mass is 10.1. The minimum absolute atomic E-state index is 0.0209. The molecule has 2 aromatic rings. The molecule has 0 unspecified atom stereocenters. The van der Waals surface area contributed by atoms with E-state index >= 15 is 0 Å². The Bertz CT molecular complexity index is 865. The van der Waals surface area contributed by atoms with Crippen LogP contribution in [0.15, 0.2) is 36.4 Å². The lowest BCUT2D eigenvalue weighted by molar-refractivity contribution is -0.384. The molecule has 1 aliphatic rings. The SMILES string of the molecule is Cc1ccc(N2CCN(C(=O)c3ccc(Cl)c([N+](=O)[O-])c3)CC2)cc1Cl. The highest BCUT2D eigenvalue weighted by atomic mass is 35.5. The number of nitro benzene ring substituents is 1. The van der Waals surface area contributed by atoms with E-state index in [0.29, 0.717) is 26.2 Å². The number of anilines is 1. The van der Waals surface area contributed by atoms with Gasteiger partial charge in [-0.2, -0.15) is 0 Å². The van der Waals surface area contributed by atoms with E-state index in [9.17, 15) is 14.9 Å². The standard InChI is InChI=1S/C18H17Cl2N3O3/c1-12-2-4-14(11-16(12)20)21-6-8-22(9-7-21)18(24)13-3-5-15(19)17(10-13)23(25)26/h2-5,10-11H,6-9H2,1H3. The molecular weight excluding hydrogens is 377 g/mol. The smallest absolute Gasteiger partial charge is 0.288 e. The van der Waals surface area contributed by atoms with Crippen LogP contribution >= 0.6 is 23.2 Å². The van der Waals surface area contributed by atoms with Gasteiger partial charge in [-0.3, -0.25) is 14.9 Å². The summed E-state index contributed by atoms with van der Waals surface area (Å²) in [6.45, 7) is 4.34. The maximum absolute atomic E-state index is 12.6. The third-order valence-electron chi connectivity index (χ3n) is 4.48. The van der Waals surface area contributed by atoms with Crippen LogP contribution in [0.5, 0.6) is 0 Å². The van der Waals surface area contributed by atoms with E-state index < -0.39 is 4.92 Å². The van der Waals surface area contributed by atoms with Crippen LogP contribution in [0.25, 0.3) is 0 Å². The first-order valence-electron chi connectivity index (χ1n) is 8.11. The van der Waals surface area contributed by atoms with Crippen LogP contribution in [0.1, 0.15) is 15.9 Å². The van der Waals surface area contributed by atoms with Crippen molar-refractivity contribution in [2.45, 2.75) is 6.92 Å². The molecule has 6 nitrogen and oxygen atoms in total. The molecule has 8 heteroatoms. The van der Waals surface area contributed by atoms with Gasteiger partial charge in [-0.25, -0.2) is 0 Å². The number of amides is 1. The molecule has 0 saturated carbocycles. The number of nitro groups is 1. The van der Waals surface area contributed by atoms with Gasteiger partial charge in [0.05, 0.1) is 4.92 Å². The Morgan fingerprint density at radius 1 is 1.04 bits per heavy atom. The number of aryl methyl sites for hydroxylation is 1. The second-order valence-electron chi connectivity index (χ2n) is 6.14. The zero-order chi connectivity index (χ0) is 18.8. The van der Waals surface area contributed by atoms with Crippen LogP contribution in [-0.2, 0) is 0 Å². The highest BCUT2D eigenvalue weighted by Gasteiger charge is 2.24. The maximum atomic E-state index is 12.6. The molecule has 0 radical (unpaired) electrons. The second kappa shape index (κ2) is 7.51. The number of benzene rings is 2. The van der Waals surface area contributed by atoms with Crippen LogP contribution < -0.4 is 4.90 Å². The molecule has 1 heterocycles. The summed E-state index contributed by atoms with van der Waals surface area (Å²) in [4.78, 5) is 26.9. The zero-order valence-electron chi connectivity index (χ0n) is 14.1. The minimum Gasteiger partial charge on any atom is -0.368 e. The average molecular weight is 394 g/mol. The lowest BCUT2D eigenvalue weighted by Crippen LogP contribution is -2.48. The highest BCUT2D eigenvalue weighted by Crippen LogP contribution is 2.27. The number of hydrogen-bond donors (Lipinski definition) is 0.